The van der Waals surface area contributed by atoms with E-state index < -0.39 is 72.1 Å². The smallest absolute Gasteiger partial charge is 0.326 e. The van der Waals surface area contributed by atoms with Gasteiger partial charge in [-0.15, -0.1) is 0 Å². The van der Waals surface area contributed by atoms with Gasteiger partial charge in [0.05, 0.1) is 12.5 Å². The zero-order chi connectivity index (χ0) is 27.3. The minimum atomic E-state index is -1.80. The van der Waals surface area contributed by atoms with Gasteiger partial charge in [0.15, 0.2) is 0 Å². The van der Waals surface area contributed by atoms with Gasteiger partial charge in [0.25, 0.3) is 0 Å². The molecule has 0 aliphatic carbocycles. The predicted octanol–water partition coefficient (Wildman–Crippen LogP) is -2.50. The molecule has 4 amide bonds. The molecular weight excluding hydrogens is 470 g/mol. The molecule has 0 saturated carbocycles. The van der Waals surface area contributed by atoms with Crippen molar-refractivity contribution in [1.82, 2.24) is 16.0 Å². The van der Waals surface area contributed by atoms with E-state index in [-0.39, 0.29) is 38.0 Å². The van der Waals surface area contributed by atoms with Crippen LogP contribution in [-0.4, -0.2) is 81.0 Å². The number of hydrogen-bond acceptors (Lipinski definition) is 8. The zero-order valence-electron chi connectivity index (χ0n) is 19.5. The summed E-state index contributed by atoms with van der Waals surface area (Å²) in [5, 5.41) is 33.4. The van der Waals surface area contributed by atoms with Crippen LogP contribution in [-0.2, 0) is 33.6 Å². The fourth-order valence-electron chi connectivity index (χ4n) is 2.87. The number of hydrogen-bond donors (Lipinski definition) is 8. The monoisotopic (exact) mass is 503 g/mol. The standard InChI is InChI=1S/C20H33N5O10/c1-9(2)7-12(24-17(31)10(21)3-6-15(27)28)19(33)23-11(4-5-14(22)26)18(32)25-13(20(34)35)8-16(29)30/h9-13H,3-8,21H2,1-2H3,(H2,22,26)(H,23,33)(H,24,31)(H,25,32)(H,27,28)(H,29,30)(H,34,35). The molecule has 0 radical (unpaired) electrons. The number of carbonyl (C=O) groups excluding carboxylic acids is 4. The van der Waals surface area contributed by atoms with Crippen molar-refractivity contribution in [3.63, 3.8) is 0 Å². The maximum Gasteiger partial charge on any atom is 0.326 e. The first-order valence-corrected chi connectivity index (χ1v) is 10.7. The third kappa shape index (κ3) is 13.5. The van der Waals surface area contributed by atoms with Crippen molar-refractivity contribution in [2.75, 3.05) is 0 Å². The lowest BCUT2D eigenvalue weighted by Crippen LogP contribution is -2.57. The molecule has 0 aromatic carbocycles. The van der Waals surface area contributed by atoms with Gasteiger partial charge in [-0.25, -0.2) is 4.79 Å². The van der Waals surface area contributed by atoms with E-state index in [0.717, 1.165) is 0 Å². The second kappa shape index (κ2) is 15.2. The summed E-state index contributed by atoms with van der Waals surface area (Å²) < 4.78 is 0. The Kier molecular flexibility index (Phi) is 13.6. The zero-order valence-corrected chi connectivity index (χ0v) is 19.5. The lowest BCUT2D eigenvalue weighted by atomic mass is 10.0. The topological polar surface area (TPSA) is 268 Å². The maximum absolute atomic E-state index is 12.9. The normalized spacial score (nSPS) is 14.2. The van der Waals surface area contributed by atoms with Gasteiger partial charge in [0.2, 0.25) is 23.6 Å². The summed E-state index contributed by atoms with van der Waals surface area (Å²) in [5.74, 6) is -7.92. The van der Waals surface area contributed by atoms with Crippen molar-refractivity contribution in [2.45, 2.75) is 76.5 Å². The lowest BCUT2D eigenvalue weighted by Gasteiger charge is -2.25. The largest absolute Gasteiger partial charge is 0.481 e. The summed E-state index contributed by atoms with van der Waals surface area (Å²) in [4.78, 5) is 81.8. The highest BCUT2D eigenvalue weighted by Gasteiger charge is 2.31. The highest BCUT2D eigenvalue weighted by molar-refractivity contribution is 5.95. The minimum Gasteiger partial charge on any atom is -0.481 e. The van der Waals surface area contributed by atoms with Crippen LogP contribution >= 0.6 is 0 Å². The van der Waals surface area contributed by atoms with E-state index in [4.69, 9.17) is 26.8 Å². The first-order valence-electron chi connectivity index (χ1n) is 10.7. The van der Waals surface area contributed by atoms with Crippen molar-refractivity contribution in [2.24, 2.45) is 17.4 Å². The van der Waals surface area contributed by atoms with E-state index in [1.807, 2.05) is 5.32 Å². The van der Waals surface area contributed by atoms with Crippen molar-refractivity contribution in [3.8, 4) is 0 Å². The average Bonchev–Trinajstić information content (AvgIpc) is 2.72. The van der Waals surface area contributed by atoms with Gasteiger partial charge in [-0.05, 0) is 25.2 Å². The summed E-state index contributed by atoms with van der Waals surface area (Å²) in [6.45, 7) is 3.49. The third-order valence-corrected chi connectivity index (χ3v) is 4.65. The summed E-state index contributed by atoms with van der Waals surface area (Å²) in [7, 11) is 0. The summed E-state index contributed by atoms with van der Waals surface area (Å²) in [6, 6.07) is -5.68. The van der Waals surface area contributed by atoms with Gasteiger partial charge < -0.3 is 42.7 Å². The molecule has 35 heavy (non-hydrogen) atoms. The van der Waals surface area contributed by atoms with Gasteiger partial charge in [0, 0.05) is 12.8 Å². The van der Waals surface area contributed by atoms with Crippen LogP contribution in [0, 0.1) is 5.92 Å². The third-order valence-electron chi connectivity index (χ3n) is 4.65. The Morgan fingerprint density at radius 3 is 1.69 bits per heavy atom. The number of carboxylic acid groups (broad SMARTS) is 3. The number of nitrogens with two attached hydrogens (primary N) is 2. The molecule has 4 atom stereocenters. The van der Waals surface area contributed by atoms with Gasteiger partial charge in [-0.1, -0.05) is 13.8 Å². The molecule has 10 N–H and O–H groups in total. The summed E-state index contributed by atoms with van der Waals surface area (Å²) in [6.07, 6.45) is -2.07. The molecule has 198 valence electrons. The van der Waals surface area contributed by atoms with Gasteiger partial charge in [-0.2, -0.15) is 0 Å². The molecule has 0 spiro atoms. The quantitative estimate of drug-likeness (QED) is 0.103. The molecule has 0 bridgehead atoms. The Morgan fingerprint density at radius 1 is 0.714 bits per heavy atom. The second-order valence-corrected chi connectivity index (χ2v) is 8.29. The van der Waals surface area contributed by atoms with Crippen molar-refractivity contribution in [1.29, 1.82) is 0 Å². The number of amides is 4. The number of rotatable bonds is 17. The van der Waals surface area contributed by atoms with Crippen LogP contribution in [0.2, 0.25) is 0 Å². The van der Waals surface area contributed by atoms with Crippen molar-refractivity contribution < 1.29 is 48.9 Å². The average molecular weight is 504 g/mol. The second-order valence-electron chi connectivity index (χ2n) is 8.29. The maximum atomic E-state index is 12.9. The molecule has 4 unspecified atom stereocenters. The highest BCUT2D eigenvalue weighted by Crippen LogP contribution is 2.08. The molecule has 0 fully saturated rings. The number of nitrogens with one attached hydrogen (secondary N) is 3. The minimum absolute atomic E-state index is 0.101. The van der Waals surface area contributed by atoms with E-state index in [9.17, 15) is 33.6 Å². The Bertz CT molecular complexity index is 816. The van der Waals surface area contributed by atoms with E-state index in [1.165, 1.54) is 0 Å². The van der Waals surface area contributed by atoms with E-state index in [0.29, 0.717) is 0 Å². The lowest BCUT2D eigenvalue weighted by molar-refractivity contribution is -0.147. The summed E-state index contributed by atoms with van der Waals surface area (Å²) in [5.41, 5.74) is 10.8. The van der Waals surface area contributed by atoms with Gasteiger partial charge in [0.1, 0.15) is 18.1 Å². The Labute approximate surface area is 201 Å². The first kappa shape index (κ1) is 31.2. The van der Waals surface area contributed by atoms with Crippen LogP contribution in [0.5, 0.6) is 0 Å². The van der Waals surface area contributed by atoms with E-state index in [1.54, 1.807) is 13.8 Å². The van der Waals surface area contributed by atoms with E-state index in [2.05, 4.69) is 10.6 Å². The van der Waals surface area contributed by atoms with Crippen LogP contribution in [0.25, 0.3) is 0 Å². The van der Waals surface area contributed by atoms with Crippen LogP contribution in [0.15, 0.2) is 0 Å². The van der Waals surface area contributed by atoms with Crippen molar-refractivity contribution in [3.05, 3.63) is 0 Å². The number of aliphatic carboxylic acids is 3. The van der Waals surface area contributed by atoms with Crippen LogP contribution < -0.4 is 27.4 Å². The number of carbonyl (C=O) groups is 7. The summed E-state index contributed by atoms with van der Waals surface area (Å²) >= 11 is 0. The molecule has 15 nitrogen and oxygen atoms in total. The fraction of sp³-hybridized carbons (Fsp3) is 0.650. The molecule has 0 aromatic heterocycles. The number of carboxylic acids is 3. The molecule has 0 aromatic rings. The van der Waals surface area contributed by atoms with Gasteiger partial charge in [-0.3, -0.25) is 28.8 Å². The predicted molar refractivity (Wildman–Crippen MR) is 118 cm³/mol. The first-order chi connectivity index (χ1) is 16.1. The Morgan fingerprint density at radius 2 is 1.23 bits per heavy atom. The molecule has 0 aliphatic rings. The number of primary amides is 1. The molecule has 15 heteroatoms. The van der Waals surface area contributed by atoms with Crippen molar-refractivity contribution >= 4 is 41.5 Å². The molecular formula is C20H33N5O10. The highest BCUT2D eigenvalue weighted by atomic mass is 16.4. The molecule has 0 rings (SSSR count). The fourth-order valence-corrected chi connectivity index (χ4v) is 2.87. The SMILES string of the molecule is CC(C)CC(NC(=O)C(N)CCC(=O)O)C(=O)NC(CCC(N)=O)C(=O)NC(CC(=O)O)C(=O)O. The van der Waals surface area contributed by atoms with E-state index >= 15 is 0 Å². The van der Waals surface area contributed by atoms with Crippen LogP contribution in [0.3, 0.4) is 0 Å². The van der Waals surface area contributed by atoms with Crippen LogP contribution in [0.4, 0.5) is 0 Å². The molecule has 0 heterocycles. The van der Waals surface area contributed by atoms with Crippen LogP contribution in [0.1, 0.15) is 52.4 Å². The Hall–Kier alpha value is -3.75. The molecule has 0 aliphatic heterocycles. The Balaban J connectivity index is 5.57. The molecule has 0 saturated heterocycles. The van der Waals surface area contributed by atoms with Gasteiger partial charge >= 0.3 is 17.9 Å².